The van der Waals surface area contributed by atoms with Crippen LogP contribution in [0.4, 0.5) is 0 Å². The summed E-state index contributed by atoms with van der Waals surface area (Å²) in [6.07, 6.45) is 0.858. The molecule has 7 heteroatoms. The molecule has 0 fully saturated rings. The van der Waals surface area contributed by atoms with Crippen LogP contribution in [0.3, 0.4) is 0 Å². The van der Waals surface area contributed by atoms with E-state index in [9.17, 15) is 9.59 Å². The highest BCUT2D eigenvalue weighted by molar-refractivity contribution is 6.31. The fraction of sp³-hybridized carbons (Fsp3) is 0.385. The van der Waals surface area contributed by atoms with Gasteiger partial charge in [-0.2, -0.15) is 0 Å². The van der Waals surface area contributed by atoms with E-state index >= 15 is 0 Å². The number of ether oxygens (including phenoxy) is 1. The van der Waals surface area contributed by atoms with Gasteiger partial charge in [-0.15, -0.1) is 0 Å². The third kappa shape index (κ3) is 4.63. The normalized spacial score (nSPS) is 18.1. The van der Waals surface area contributed by atoms with Gasteiger partial charge in [0.15, 0.2) is 0 Å². The molecule has 0 saturated carbocycles. The third-order valence-corrected chi connectivity index (χ3v) is 6.54. The highest BCUT2D eigenvalue weighted by atomic mass is 35.5. The molecule has 0 unspecified atom stereocenters. The minimum absolute atomic E-state index is 0.153. The third-order valence-electron chi connectivity index (χ3n) is 6.17. The van der Waals surface area contributed by atoms with Crippen molar-refractivity contribution in [2.45, 2.75) is 51.9 Å². The van der Waals surface area contributed by atoms with Crippen molar-refractivity contribution in [1.82, 2.24) is 14.8 Å². The number of hydrogen-bond acceptors (Lipinski definition) is 3. The summed E-state index contributed by atoms with van der Waals surface area (Å²) in [7, 11) is 0. The molecule has 2 amide bonds. The van der Waals surface area contributed by atoms with Gasteiger partial charge in [-0.1, -0.05) is 48.0 Å². The summed E-state index contributed by atoms with van der Waals surface area (Å²) >= 11 is 6.41. The minimum Gasteiger partial charge on any atom is -0.379 e. The van der Waals surface area contributed by atoms with Crippen LogP contribution < -0.4 is 5.32 Å². The highest BCUT2D eigenvalue weighted by Crippen LogP contribution is 2.34. The van der Waals surface area contributed by atoms with Crippen molar-refractivity contribution in [2.75, 3.05) is 13.2 Å². The number of nitrogens with one attached hydrogen (secondary N) is 1. The molecule has 4 rings (SSSR count). The van der Waals surface area contributed by atoms with Crippen molar-refractivity contribution in [3.8, 4) is 0 Å². The monoisotopic (exact) mass is 467 g/mol. The molecule has 2 aromatic carbocycles. The Hall–Kier alpha value is -2.83. The van der Waals surface area contributed by atoms with Crippen molar-refractivity contribution >= 4 is 34.3 Å². The lowest BCUT2D eigenvalue weighted by atomic mass is 9.93. The Kier molecular flexibility index (Phi) is 6.77. The molecular formula is C26H30ClN3O3. The lowest BCUT2D eigenvalue weighted by Crippen LogP contribution is -2.63. The summed E-state index contributed by atoms with van der Waals surface area (Å²) in [5.41, 5.74) is 1.26. The smallest absolute Gasteiger partial charge is 0.271 e. The summed E-state index contributed by atoms with van der Waals surface area (Å²) in [5.74, 6) is -0.367. The fourth-order valence-electron chi connectivity index (χ4n) is 4.33. The van der Waals surface area contributed by atoms with Crippen molar-refractivity contribution in [1.29, 1.82) is 0 Å². The first kappa shape index (κ1) is 23.3. The van der Waals surface area contributed by atoms with Gasteiger partial charge in [0.25, 0.3) is 5.91 Å². The van der Waals surface area contributed by atoms with E-state index in [0.717, 1.165) is 16.5 Å². The van der Waals surface area contributed by atoms with Crippen LogP contribution >= 0.6 is 11.6 Å². The number of halogens is 1. The zero-order valence-corrected chi connectivity index (χ0v) is 20.1. The molecule has 1 N–H and O–H groups in total. The van der Waals surface area contributed by atoms with E-state index in [4.69, 9.17) is 16.3 Å². The first-order valence-electron chi connectivity index (χ1n) is 11.3. The Morgan fingerprint density at radius 3 is 2.67 bits per heavy atom. The molecule has 1 atom stereocenters. The second-order valence-electron chi connectivity index (χ2n) is 8.96. The Balaban J connectivity index is 1.66. The largest absolute Gasteiger partial charge is 0.379 e. The summed E-state index contributed by atoms with van der Waals surface area (Å²) in [6, 6.07) is 17.2. The van der Waals surface area contributed by atoms with E-state index in [-0.39, 0.29) is 24.5 Å². The van der Waals surface area contributed by atoms with Gasteiger partial charge in [-0.05, 0) is 51.0 Å². The van der Waals surface area contributed by atoms with Gasteiger partial charge in [0.05, 0.1) is 12.6 Å². The van der Waals surface area contributed by atoms with Gasteiger partial charge < -0.3 is 19.5 Å². The number of amides is 2. The predicted octanol–water partition coefficient (Wildman–Crippen LogP) is 4.64. The van der Waals surface area contributed by atoms with Crippen LogP contribution in [0.15, 0.2) is 54.6 Å². The van der Waals surface area contributed by atoms with Crippen LogP contribution in [0.2, 0.25) is 5.02 Å². The van der Waals surface area contributed by atoms with Crippen molar-refractivity contribution in [2.24, 2.45) is 0 Å². The number of hydrogen-bond donors (Lipinski definition) is 1. The Labute approximate surface area is 199 Å². The molecule has 174 valence electrons. The summed E-state index contributed by atoms with van der Waals surface area (Å²) in [4.78, 5) is 28.9. The maximum Gasteiger partial charge on any atom is 0.271 e. The molecule has 1 aliphatic heterocycles. The number of fused-ring (bicyclic) bond motifs is 3. The van der Waals surface area contributed by atoms with E-state index in [1.165, 1.54) is 0 Å². The van der Waals surface area contributed by atoms with Crippen LogP contribution in [-0.2, 0) is 22.6 Å². The average Bonchev–Trinajstić information content (AvgIpc) is 3.15. The lowest BCUT2D eigenvalue weighted by Gasteiger charge is -2.44. The number of para-hydroxylation sites is 1. The number of carbonyl (C=O) groups excluding carboxylic acids is 2. The van der Waals surface area contributed by atoms with E-state index in [2.05, 4.69) is 5.32 Å². The molecular weight excluding hydrogens is 438 g/mol. The maximum absolute atomic E-state index is 13.7. The van der Waals surface area contributed by atoms with Crippen LogP contribution in [0, 0.1) is 0 Å². The molecule has 0 aliphatic carbocycles. The molecule has 6 nitrogen and oxygen atoms in total. The Morgan fingerprint density at radius 1 is 1.18 bits per heavy atom. The van der Waals surface area contributed by atoms with Crippen molar-refractivity contribution in [3.63, 3.8) is 0 Å². The average molecular weight is 468 g/mol. The molecule has 2 heterocycles. The number of nitrogens with zero attached hydrogens (tertiary/aromatic N) is 2. The second-order valence-corrected chi connectivity index (χ2v) is 9.37. The summed E-state index contributed by atoms with van der Waals surface area (Å²) in [6.45, 7) is 7.47. The molecule has 33 heavy (non-hydrogen) atoms. The molecule has 1 aliphatic rings. The van der Waals surface area contributed by atoms with Crippen molar-refractivity contribution in [3.05, 3.63) is 70.9 Å². The van der Waals surface area contributed by atoms with E-state index in [0.29, 0.717) is 36.8 Å². The minimum atomic E-state index is -1.08. The van der Waals surface area contributed by atoms with Gasteiger partial charge >= 0.3 is 0 Å². The van der Waals surface area contributed by atoms with Gasteiger partial charge in [0, 0.05) is 35.6 Å². The number of benzene rings is 2. The van der Waals surface area contributed by atoms with Gasteiger partial charge in [-0.3, -0.25) is 9.59 Å². The van der Waals surface area contributed by atoms with Crippen LogP contribution in [0.1, 0.15) is 43.2 Å². The summed E-state index contributed by atoms with van der Waals surface area (Å²) < 4.78 is 7.53. The maximum atomic E-state index is 13.7. The van der Waals surface area contributed by atoms with Crippen molar-refractivity contribution < 1.29 is 14.3 Å². The zero-order valence-electron chi connectivity index (χ0n) is 19.3. The SMILES string of the molecule is CC(C)OCCCNC(=O)[C@]1(C)Cn2c(cc3ccccc32)C(=O)N1Cc1ccccc1Cl. The Bertz CT molecular complexity index is 1170. The predicted molar refractivity (Wildman–Crippen MR) is 130 cm³/mol. The van der Waals surface area contributed by atoms with Crippen LogP contribution in [0.25, 0.3) is 10.9 Å². The van der Waals surface area contributed by atoms with Crippen LogP contribution in [0.5, 0.6) is 0 Å². The first-order valence-corrected chi connectivity index (χ1v) is 11.7. The topological polar surface area (TPSA) is 63.6 Å². The molecule has 1 aromatic heterocycles. The molecule has 0 bridgehead atoms. The molecule has 0 spiro atoms. The van der Waals surface area contributed by atoms with E-state index in [1.807, 2.05) is 73.9 Å². The van der Waals surface area contributed by atoms with Gasteiger partial charge in [0.1, 0.15) is 11.2 Å². The number of carbonyl (C=O) groups is 2. The Morgan fingerprint density at radius 2 is 1.91 bits per heavy atom. The second kappa shape index (κ2) is 9.57. The lowest BCUT2D eigenvalue weighted by molar-refractivity contribution is -0.133. The summed E-state index contributed by atoms with van der Waals surface area (Å²) in [5, 5.41) is 4.58. The fourth-order valence-corrected chi connectivity index (χ4v) is 4.53. The number of rotatable bonds is 8. The van der Waals surface area contributed by atoms with Gasteiger partial charge in [0.2, 0.25) is 5.91 Å². The number of aromatic nitrogens is 1. The zero-order chi connectivity index (χ0) is 23.6. The standard InChI is InChI=1S/C26H30ClN3O3/c1-18(2)33-14-8-13-28-25(32)26(3)17-29-22-12-7-5-9-19(22)15-23(29)24(31)30(26)16-20-10-4-6-11-21(20)27/h4-7,9-12,15,18H,8,13-14,16-17H2,1-3H3,(H,28,32)/t26-/m0/s1. The van der Waals surface area contributed by atoms with Gasteiger partial charge in [-0.25, -0.2) is 0 Å². The highest BCUT2D eigenvalue weighted by Gasteiger charge is 2.47. The van der Waals surface area contributed by atoms with E-state index < -0.39 is 5.54 Å². The first-order chi connectivity index (χ1) is 15.8. The van der Waals surface area contributed by atoms with E-state index in [1.54, 1.807) is 11.0 Å². The molecule has 3 aromatic rings. The quantitative estimate of drug-likeness (QED) is 0.491. The van der Waals surface area contributed by atoms with Crippen LogP contribution in [-0.4, -0.2) is 46.1 Å². The molecule has 0 radical (unpaired) electrons. The molecule has 0 saturated heterocycles.